The number of hydrogen-bond donors (Lipinski definition) is 2. The average molecular weight is 472 g/mol. The van der Waals surface area contributed by atoms with E-state index in [0.29, 0.717) is 18.7 Å². The van der Waals surface area contributed by atoms with Crippen LogP contribution < -0.4 is 10.6 Å². The van der Waals surface area contributed by atoms with Gasteiger partial charge in [-0.2, -0.15) is 0 Å². The number of benzene rings is 3. The molecule has 7 heteroatoms. The third-order valence-electron chi connectivity index (χ3n) is 5.51. The van der Waals surface area contributed by atoms with Crippen LogP contribution in [0.15, 0.2) is 78.0 Å². The van der Waals surface area contributed by atoms with Gasteiger partial charge < -0.3 is 10.6 Å². The fraction of sp³-hybridized carbons (Fsp3) is 0.222. The molecule has 0 radical (unpaired) electrons. The maximum atomic E-state index is 12.5. The van der Waals surface area contributed by atoms with Crippen LogP contribution in [-0.4, -0.2) is 26.4 Å². The Labute approximate surface area is 204 Å². The fourth-order valence-corrected chi connectivity index (χ4v) is 4.60. The van der Waals surface area contributed by atoms with Gasteiger partial charge in [-0.05, 0) is 56.2 Å². The molecule has 0 spiro atoms. The number of nitrogens with one attached hydrogen (secondary N) is 2. The number of amides is 1. The van der Waals surface area contributed by atoms with Gasteiger partial charge in [0.25, 0.3) is 0 Å². The highest BCUT2D eigenvalue weighted by molar-refractivity contribution is 7.99. The lowest BCUT2D eigenvalue weighted by Crippen LogP contribution is -2.13. The van der Waals surface area contributed by atoms with Gasteiger partial charge in [0.15, 0.2) is 11.0 Å². The molecular formula is C27H29N5OS. The van der Waals surface area contributed by atoms with Crippen molar-refractivity contribution >= 4 is 29.0 Å². The normalized spacial score (nSPS) is 10.8. The second kappa shape index (κ2) is 11.0. The summed E-state index contributed by atoms with van der Waals surface area (Å²) in [6.45, 7) is 6.67. The van der Waals surface area contributed by atoms with Crippen molar-refractivity contribution in [2.24, 2.45) is 0 Å². The van der Waals surface area contributed by atoms with E-state index in [9.17, 15) is 4.79 Å². The first-order valence-corrected chi connectivity index (χ1v) is 12.3. The minimum atomic E-state index is -0.00771. The molecule has 174 valence electrons. The molecule has 1 aromatic heterocycles. The van der Waals surface area contributed by atoms with Gasteiger partial charge in [0.1, 0.15) is 0 Å². The van der Waals surface area contributed by atoms with Crippen molar-refractivity contribution in [3.63, 3.8) is 0 Å². The number of nitrogens with zero attached hydrogens (tertiary/aromatic N) is 3. The number of para-hydroxylation sites is 2. The summed E-state index contributed by atoms with van der Waals surface area (Å²) in [6.07, 6.45) is 0.385. The lowest BCUT2D eigenvalue weighted by molar-refractivity contribution is -0.115. The third-order valence-corrected chi connectivity index (χ3v) is 6.44. The molecule has 0 unspecified atom stereocenters. The molecule has 0 atom stereocenters. The number of hydrogen-bond acceptors (Lipinski definition) is 5. The van der Waals surface area contributed by atoms with Crippen LogP contribution in [0.3, 0.4) is 0 Å². The molecule has 34 heavy (non-hydrogen) atoms. The van der Waals surface area contributed by atoms with Crippen LogP contribution in [0.2, 0.25) is 0 Å². The highest BCUT2D eigenvalue weighted by Gasteiger charge is 2.15. The summed E-state index contributed by atoms with van der Waals surface area (Å²) in [5, 5.41) is 16.1. The first-order valence-electron chi connectivity index (χ1n) is 11.3. The zero-order valence-corrected chi connectivity index (χ0v) is 20.5. The van der Waals surface area contributed by atoms with E-state index in [-0.39, 0.29) is 5.91 Å². The molecule has 0 aliphatic carbocycles. The Morgan fingerprint density at radius 3 is 2.41 bits per heavy atom. The zero-order chi connectivity index (χ0) is 23.9. The minimum Gasteiger partial charge on any atom is -0.378 e. The van der Waals surface area contributed by atoms with Gasteiger partial charge >= 0.3 is 0 Å². The van der Waals surface area contributed by atoms with Gasteiger partial charge in [-0.15, -0.1) is 10.2 Å². The minimum absolute atomic E-state index is 0.00771. The van der Waals surface area contributed by atoms with Gasteiger partial charge in [-0.1, -0.05) is 65.9 Å². The van der Waals surface area contributed by atoms with E-state index >= 15 is 0 Å². The monoisotopic (exact) mass is 471 g/mol. The third kappa shape index (κ3) is 5.85. The van der Waals surface area contributed by atoms with E-state index in [1.807, 2.05) is 68.4 Å². The largest absolute Gasteiger partial charge is 0.378 e. The van der Waals surface area contributed by atoms with Gasteiger partial charge in [-0.25, -0.2) is 0 Å². The molecule has 0 bridgehead atoms. The Hall–Kier alpha value is -3.58. The molecule has 0 saturated carbocycles. The van der Waals surface area contributed by atoms with Crippen LogP contribution in [0.4, 0.5) is 11.4 Å². The average Bonchev–Trinajstić information content (AvgIpc) is 3.23. The number of carbonyl (C=O) groups is 1. The second-order valence-corrected chi connectivity index (χ2v) is 9.27. The molecule has 2 N–H and O–H groups in total. The van der Waals surface area contributed by atoms with Gasteiger partial charge in [-0.3, -0.25) is 9.36 Å². The predicted octanol–water partition coefficient (Wildman–Crippen LogP) is 5.93. The van der Waals surface area contributed by atoms with E-state index in [1.165, 1.54) is 22.9 Å². The van der Waals surface area contributed by atoms with Crippen molar-refractivity contribution in [1.29, 1.82) is 0 Å². The molecule has 0 saturated heterocycles. The van der Waals surface area contributed by atoms with E-state index in [1.54, 1.807) is 0 Å². The Kier molecular flexibility index (Phi) is 7.65. The lowest BCUT2D eigenvalue weighted by Gasteiger charge is -2.12. The Morgan fingerprint density at radius 2 is 1.65 bits per heavy atom. The number of aryl methyl sites for hydroxylation is 3. The summed E-state index contributed by atoms with van der Waals surface area (Å²) in [4.78, 5) is 12.5. The van der Waals surface area contributed by atoms with E-state index in [4.69, 9.17) is 0 Å². The number of anilines is 2. The quantitative estimate of drug-likeness (QED) is 0.296. The Balaban J connectivity index is 1.44. The smallest absolute Gasteiger partial charge is 0.225 e. The Morgan fingerprint density at radius 1 is 0.882 bits per heavy atom. The number of thioether (sulfide) groups is 1. The summed E-state index contributed by atoms with van der Waals surface area (Å²) in [6, 6.07) is 24.3. The van der Waals surface area contributed by atoms with E-state index in [0.717, 1.165) is 33.6 Å². The van der Waals surface area contributed by atoms with Crippen molar-refractivity contribution in [2.45, 2.75) is 38.9 Å². The predicted molar refractivity (Wildman–Crippen MR) is 140 cm³/mol. The number of carbonyl (C=O) groups excluding carboxylic acids is 1. The molecule has 4 rings (SSSR count). The van der Waals surface area contributed by atoms with Crippen LogP contribution in [0, 0.1) is 20.8 Å². The number of aromatic nitrogens is 3. The maximum absolute atomic E-state index is 12.5. The molecule has 0 aliphatic rings. The second-order valence-electron chi connectivity index (χ2n) is 8.20. The highest BCUT2D eigenvalue weighted by Crippen LogP contribution is 2.24. The van der Waals surface area contributed by atoms with Crippen molar-refractivity contribution in [3.8, 4) is 5.69 Å². The molecule has 3 aromatic carbocycles. The molecule has 4 aromatic rings. The molecular weight excluding hydrogens is 442 g/mol. The van der Waals surface area contributed by atoms with Crippen LogP contribution >= 0.6 is 11.8 Å². The number of rotatable bonds is 9. The fourth-order valence-electron chi connectivity index (χ4n) is 3.69. The highest BCUT2D eigenvalue weighted by atomic mass is 32.2. The van der Waals surface area contributed by atoms with Crippen LogP contribution in [0.1, 0.15) is 28.9 Å². The first-order chi connectivity index (χ1) is 16.5. The molecule has 1 heterocycles. The zero-order valence-electron chi connectivity index (χ0n) is 19.7. The van der Waals surface area contributed by atoms with Crippen molar-refractivity contribution in [3.05, 3.63) is 95.3 Å². The van der Waals surface area contributed by atoms with E-state index < -0.39 is 0 Å². The Bertz CT molecular complexity index is 1270. The summed E-state index contributed by atoms with van der Waals surface area (Å²) < 4.78 is 2.05. The van der Waals surface area contributed by atoms with E-state index in [2.05, 4.69) is 50.5 Å². The van der Waals surface area contributed by atoms with Crippen molar-refractivity contribution in [1.82, 2.24) is 14.8 Å². The van der Waals surface area contributed by atoms with Gasteiger partial charge in [0, 0.05) is 29.2 Å². The van der Waals surface area contributed by atoms with Gasteiger partial charge in [0.2, 0.25) is 5.91 Å². The molecule has 0 fully saturated rings. The SMILES string of the molecule is Cc1ccc(NC(=O)CCSc2nnc(CNc3ccccc3C)n2-c2ccccc2)c(C)c1. The summed E-state index contributed by atoms with van der Waals surface area (Å²) in [5.74, 6) is 1.41. The molecule has 0 aliphatic heterocycles. The summed E-state index contributed by atoms with van der Waals surface area (Å²) >= 11 is 1.53. The first kappa shape index (κ1) is 23.6. The summed E-state index contributed by atoms with van der Waals surface area (Å²) in [5.41, 5.74) is 6.35. The van der Waals surface area contributed by atoms with Crippen LogP contribution in [-0.2, 0) is 11.3 Å². The van der Waals surface area contributed by atoms with Crippen molar-refractivity contribution in [2.75, 3.05) is 16.4 Å². The molecule has 6 nitrogen and oxygen atoms in total. The van der Waals surface area contributed by atoms with Crippen LogP contribution in [0.5, 0.6) is 0 Å². The topological polar surface area (TPSA) is 71.8 Å². The van der Waals surface area contributed by atoms with Crippen molar-refractivity contribution < 1.29 is 4.79 Å². The standard InChI is InChI=1S/C27H29N5OS/c1-19-13-14-24(21(3)17-19)29-26(33)15-16-34-27-31-30-25(32(27)22-10-5-4-6-11-22)18-28-23-12-8-7-9-20(23)2/h4-14,17,28H,15-16,18H2,1-3H3,(H,29,33). The summed E-state index contributed by atoms with van der Waals surface area (Å²) in [7, 11) is 0. The maximum Gasteiger partial charge on any atom is 0.225 e. The lowest BCUT2D eigenvalue weighted by atomic mass is 10.1. The van der Waals surface area contributed by atoms with Gasteiger partial charge in [0.05, 0.1) is 6.54 Å². The van der Waals surface area contributed by atoms with Crippen LogP contribution in [0.25, 0.3) is 5.69 Å². The molecule has 1 amide bonds.